The van der Waals surface area contributed by atoms with E-state index in [-0.39, 0.29) is 0 Å². The van der Waals surface area contributed by atoms with E-state index in [0.717, 1.165) is 0 Å². The van der Waals surface area contributed by atoms with E-state index in [1.54, 1.807) is 0 Å². The Balaban J connectivity index is 5.27. The van der Waals surface area contributed by atoms with E-state index in [1.165, 1.54) is 6.92 Å². The molecule has 0 saturated carbocycles. The molecular formula is C8H10F7O3P. The van der Waals surface area contributed by atoms with Crippen LogP contribution in [0, 0.1) is 0 Å². The van der Waals surface area contributed by atoms with Gasteiger partial charge < -0.3 is 9.30 Å². The Hall–Kier alpha value is -0.790. The zero-order chi connectivity index (χ0) is 15.5. The predicted octanol–water partition coefficient (Wildman–Crippen LogP) is 3.33. The number of hydrogen-bond donors (Lipinski definition) is 0. The second-order valence-electron chi connectivity index (χ2n) is 3.59. The average molecular weight is 318 g/mol. The minimum atomic E-state index is -5.53. The van der Waals surface area contributed by atoms with Crippen LogP contribution in [0.5, 0.6) is 0 Å². The first kappa shape index (κ1) is 18.2. The molecule has 0 spiro atoms. The lowest BCUT2D eigenvalue weighted by Gasteiger charge is -2.23. The first-order valence-corrected chi connectivity index (χ1v) is 6.97. The Labute approximate surface area is 103 Å². The van der Waals surface area contributed by atoms with Crippen molar-refractivity contribution in [1.29, 1.82) is 0 Å². The monoisotopic (exact) mass is 318 g/mol. The fourth-order valence-corrected chi connectivity index (χ4v) is 3.33. The quantitative estimate of drug-likeness (QED) is 0.444. The van der Waals surface area contributed by atoms with E-state index < -0.39 is 50.3 Å². The number of carbonyl (C=O) groups excluding carboxylic acids is 1. The molecule has 0 amide bonds. The smallest absolute Gasteiger partial charge is 0.395 e. The molecule has 0 N–H and O–H groups in total. The standard InChI is InChI=1S/C8H10F7O3P/c1-2-18-6(16)5(9)19(17,3-7(10,11)12)4-8(13,14)15/h5H,2-4H2,1H3. The van der Waals surface area contributed by atoms with Crippen molar-refractivity contribution in [2.45, 2.75) is 25.2 Å². The number of rotatable bonds is 5. The fraction of sp³-hybridized carbons (Fsp3) is 0.875. The zero-order valence-corrected chi connectivity index (χ0v) is 10.4. The van der Waals surface area contributed by atoms with Gasteiger partial charge >= 0.3 is 18.3 Å². The second kappa shape index (κ2) is 6.11. The third kappa shape index (κ3) is 6.79. The van der Waals surface area contributed by atoms with Crippen LogP contribution in [0.1, 0.15) is 6.92 Å². The molecule has 0 bridgehead atoms. The Kier molecular flexibility index (Phi) is 5.85. The van der Waals surface area contributed by atoms with Gasteiger partial charge in [-0.2, -0.15) is 26.3 Å². The fourth-order valence-electron chi connectivity index (χ4n) is 1.23. The van der Waals surface area contributed by atoms with Gasteiger partial charge in [0.2, 0.25) is 5.91 Å². The SMILES string of the molecule is CCOC(=O)C(F)P(=O)(CC(F)(F)F)CC(F)(F)F. The van der Waals surface area contributed by atoms with Crippen LogP contribution in [0.3, 0.4) is 0 Å². The highest BCUT2D eigenvalue weighted by Crippen LogP contribution is 2.57. The van der Waals surface area contributed by atoms with Crippen LogP contribution < -0.4 is 0 Å². The van der Waals surface area contributed by atoms with E-state index in [0.29, 0.717) is 0 Å². The van der Waals surface area contributed by atoms with Crippen molar-refractivity contribution in [3.8, 4) is 0 Å². The van der Waals surface area contributed by atoms with Crippen molar-refractivity contribution >= 4 is 13.1 Å². The number of esters is 1. The van der Waals surface area contributed by atoms with Gasteiger partial charge in [0.1, 0.15) is 19.5 Å². The molecule has 0 saturated heterocycles. The third-order valence-electron chi connectivity index (χ3n) is 1.79. The third-order valence-corrected chi connectivity index (χ3v) is 4.61. The Morgan fingerprint density at radius 1 is 1.11 bits per heavy atom. The number of carbonyl (C=O) groups is 1. The molecule has 0 heterocycles. The molecule has 114 valence electrons. The molecule has 1 unspecified atom stereocenters. The molecule has 0 rings (SSSR count). The molecule has 3 nitrogen and oxygen atoms in total. The van der Waals surface area contributed by atoms with Crippen molar-refractivity contribution < 1.29 is 44.8 Å². The second-order valence-corrected chi connectivity index (χ2v) is 6.58. The molecule has 0 aromatic rings. The molecule has 1 atom stereocenters. The van der Waals surface area contributed by atoms with Gasteiger partial charge in [-0.25, -0.2) is 9.18 Å². The van der Waals surface area contributed by atoms with E-state index >= 15 is 0 Å². The Morgan fingerprint density at radius 2 is 1.47 bits per heavy atom. The van der Waals surface area contributed by atoms with E-state index in [1.807, 2.05) is 0 Å². The molecule has 11 heteroatoms. The number of halogens is 7. The predicted molar refractivity (Wildman–Crippen MR) is 51.0 cm³/mol. The maximum absolute atomic E-state index is 13.4. The Bertz CT molecular complexity index is 342. The molecule has 0 aliphatic rings. The van der Waals surface area contributed by atoms with Crippen molar-refractivity contribution in [2.24, 2.45) is 0 Å². The molecule has 19 heavy (non-hydrogen) atoms. The molecule has 0 fully saturated rings. The summed E-state index contributed by atoms with van der Waals surface area (Å²) in [7, 11) is -5.53. The summed E-state index contributed by atoms with van der Waals surface area (Å²) in [5, 5.41) is 0. The van der Waals surface area contributed by atoms with Crippen LogP contribution in [0.2, 0.25) is 0 Å². The lowest BCUT2D eigenvalue weighted by atomic mass is 10.7. The lowest BCUT2D eigenvalue weighted by Crippen LogP contribution is -2.30. The van der Waals surface area contributed by atoms with Gasteiger partial charge in [-0.05, 0) is 6.92 Å². The number of ether oxygens (including phenoxy) is 1. The number of alkyl halides is 7. The van der Waals surface area contributed by atoms with Crippen LogP contribution in [-0.2, 0) is 14.1 Å². The zero-order valence-electron chi connectivity index (χ0n) is 9.52. The summed E-state index contributed by atoms with van der Waals surface area (Å²) in [6, 6.07) is 0. The van der Waals surface area contributed by atoms with Crippen molar-refractivity contribution in [2.75, 3.05) is 18.9 Å². The highest BCUT2D eigenvalue weighted by atomic mass is 31.2. The van der Waals surface area contributed by atoms with Gasteiger partial charge in [0.05, 0.1) is 6.61 Å². The summed E-state index contributed by atoms with van der Waals surface area (Å²) in [6.07, 6.45) is -15.6. The van der Waals surface area contributed by atoms with E-state index in [2.05, 4.69) is 4.74 Å². The van der Waals surface area contributed by atoms with Crippen LogP contribution in [-0.4, -0.2) is 43.2 Å². The largest absolute Gasteiger partial charge is 0.463 e. The van der Waals surface area contributed by atoms with Crippen molar-refractivity contribution in [1.82, 2.24) is 0 Å². The summed E-state index contributed by atoms with van der Waals surface area (Å²) in [6.45, 7) is 0.709. The van der Waals surface area contributed by atoms with Crippen LogP contribution in [0.15, 0.2) is 0 Å². The highest BCUT2D eigenvalue weighted by Gasteiger charge is 2.53. The van der Waals surface area contributed by atoms with Crippen molar-refractivity contribution in [3.05, 3.63) is 0 Å². The van der Waals surface area contributed by atoms with Gasteiger partial charge in [0.15, 0.2) is 0 Å². The topological polar surface area (TPSA) is 43.4 Å². The maximum atomic E-state index is 13.4. The first-order valence-electron chi connectivity index (χ1n) is 4.83. The number of hydrogen-bond acceptors (Lipinski definition) is 3. The normalized spacial score (nSPS) is 15.2. The minimum Gasteiger partial charge on any atom is -0.463 e. The molecule has 0 aliphatic carbocycles. The molecule has 0 aliphatic heterocycles. The van der Waals surface area contributed by atoms with Crippen LogP contribution in [0.25, 0.3) is 0 Å². The highest BCUT2D eigenvalue weighted by molar-refractivity contribution is 7.65. The average Bonchev–Trinajstić information content (AvgIpc) is 2.10. The van der Waals surface area contributed by atoms with Gasteiger partial charge in [-0.1, -0.05) is 0 Å². The van der Waals surface area contributed by atoms with Gasteiger partial charge in [0.25, 0.3) is 0 Å². The van der Waals surface area contributed by atoms with E-state index in [4.69, 9.17) is 0 Å². The molecular weight excluding hydrogens is 308 g/mol. The first-order chi connectivity index (χ1) is 8.31. The maximum Gasteiger partial charge on any atom is 0.395 e. The van der Waals surface area contributed by atoms with E-state index in [9.17, 15) is 40.1 Å². The molecule has 0 aromatic carbocycles. The summed E-state index contributed by atoms with van der Waals surface area (Å²) in [5.74, 6) is -5.44. The van der Waals surface area contributed by atoms with Crippen molar-refractivity contribution in [3.63, 3.8) is 0 Å². The lowest BCUT2D eigenvalue weighted by molar-refractivity contribution is -0.146. The minimum absolute atomic E-state index is 0.461. The van der Waals surface area contributed by atoms with Gasteiger partial charge in [-0.15, -0.1) is 0 Å². The van der Waals surface area contributed by atoms with Gasteiger partial charge in [-0.3, -0.25) is 0 Å². The Morgan fingerprint density at radius 3 is 1.74 bits per heavy atom. The van der Waals surface area contributed by atoms with Gasteiger partial charge in [0, 0.05) is 0 Å². The summed E-state index contributed by atoms with van der Waals surface area (Å²) in [5.41, 5.74) is 0. The van der Waals surface area contributed by atoms with Crippen LogP contribution >= 0.6 is 7.14 Å². The molecule has 0 radical (unpaired) electrons. The summed E-state index contributed by atoms with van der Waals surface area (Å²) < 4.78 is 101. The summed E-state index contributed by atoms with van der Waals surface area (Å²) in [4.78, 5) is 10.9. The van der Waals surface area contributed by atoms with Crippen LogP contribution in [0.4, 0.5) is 30.7 Å². The summed E-state index contributed by atoms with van der Waals surface area (Å²) >= 11 is 0. The molecule has 0 aromatic heterocycles.